The van der Waals surface area contributed by atoms with Crippen molar-refractivity contribution in [3.63, 3.8) is 0 Å². The van der Waals surface area contributed by atoms with Crippen molar-refractivity contribution in [1.29, 1.82) is 0 Å². The summed E-state index contributed by atoms with van der Waals surface area (Å²) in [4.78, 5) is 21.8. The molecule has 0 aromatic carbocycles. The fraction of sp³-hybridized carbons (Fsp3) is 0.846. The molecule has 2 N–H and O–H groups in total. The van der Waals surface area contributed by atoms with Crippen molar-refractivity contribution >= 4 is 23.5 Å². The second-order valence-electron chi connectivity index (χ2n) is 5.23. The Morgan fingerprint density at radius 1 is 1.35 bits per heavy atom. The molecule has 0 bridgehead atoms. The standard InChI is InChI=1S/C13H24ClNO5/c1-10(4-6-14)20-7-5-13(2,3)15-11(16)8-19-9-12(17)18/h10H,4-9H2,1-3H3,(H,15,16)(H,17,18). The molecule has 0 aliphatic rings. The summed E-state index contributed by atoms with van der Waals surface area (Å²) in [5.74, 6) is -0.883. The lowest BCUT2D eigenvalue weighted by molar-refractivity contribution is -0.143. The highest BCUT2D eigenvalue weighted by Gasteiger charge is 2.20. The zero-order chi connectivity index (χ0) is 15.6. The van der Waals surface area contributed by atoms with Gasteiger partial charge in [-0.25, -0.2) is 4.79 Å². The van der Waals surface area contributed by atoms with Gasteiger partial charge in [0.05, 0.1) is 6.10 Å². The molecule has 6 nitrogen and oxygen atoms in total. The lowest BCUT2D eigenvalue weighted by Gasteiger charge is -2.27. The predicted molar refractivity (Wildman–Crippen MR) is 76.0 cm³/mol. The number of halogens is 1. The van der Waals surface area contributed by atoms with Gasteiger partial charge in [0.15, 0.2) is 0 Å². The van der Waals surface area contributed by atoms with E-state index in [0.717, 1.165) is 6.42 Å². The Bertz CT molecular complexity index is 309. The molecule has 20 heavy (non-hydrogen) atoms. The van der Waals surface area contributed by atoms with Gasteiger partial charge in [-0.1, -0.05) is 0 Å². The van der Waals surface area contributed by atoms with Crippen LogP contribution in [0.2, 0.25) is 0 Å². The normalized spacial score (nSPS) is 13.0. The molecule has 0 heterocycles. The summed E-state index contributed by atoms with van der Waals surface area (Å²) in [6, 6.07) is 0. The average molecular weight is 310 g/mol. The Balaban J connectivity index is 3.87. The summed E-state index contributed by atoms with van der Waals surface area (Å²) in [7, 11) is 0. The molecule has 0 spiro atoms. The van der Waals surface area contributed by atoms with Crippen LogP contribution in [0.1, 0.15) is 33.6 Å². The Kier molecular flexibility index (Phi) is 9.54. The van der Waals surface area contributed by atoms with Crippen molar-refractivity contribution in [2.75, 3.05) is 25.7 Å². The van der Waals surface area contributed by atoms with Gasteiger partial charge < -0.3 is 19.9 Å². The highest BCUT2D eigenvalue weighted by Crippen LogP contribution is 2.10. The van der Waals surface area contributed by atoms with Gasteiger partial charge in [0.1, 0.15) is 13.2 Å². The molecule has 0 saturated heterocycles. The molecule has 0 aromatic heterocycles. The Labute approximate surface area is 124 Å². The van der Waals surface area contributed by atoms with Gasteiger partial charge in [-0.05, 0) is 33.6 Å². The van der Waals surface area contributed by atoms with Crippen LogP contribution in [-0.4, -0.2) is 54.3 Å². The molecule has 0 rings (SSSR count). The lowest BCUT2D eigenvalue weighted by atomic mass is 10.0. The third-order valence-corrected chi connectivity index (χ3v) is 2.80. The summed E-state index contributed by atoms with van der Waals surface area (Å²) in [6.45, 7) is 5.47. The fourth-order valence-electron chi connectivity index (χ4n) is 1.46. The molecular weight excluding hydrogens is 286 g/mol. The van der Waals surface area contributed by atoms with Crippen molar-refractivity contribution in [2.45, 2.75) is 45.3 Å². The minimum Gasteiger partial charge on any atom is -0.480 e. The van der Waals surface area contributed by atoms with E-state index in [1.54, 1.807) is 0 Å². The lowest BCUT2D eigenvalue weighted by Crippen LogP contribution is -2.46. The molecule has 1 amide bonds. The third-order valence-electron chi connectivity index (χ3n) is 2.58. The maximum absolute atomic E-state index is 11.6. The van der Waals surface area contributed by atoms with Crippen LogP contribution in [-0.2, 0) is 19.1 Å². The predicted octanol–water partition coefficient (Wildman–Crippen LogP) is 1.41. The first-order valence-electron chi connectivity index (χ1n) is 6.55. The molecule has 7 heteroatoms. The van der Waals surface area contributed by atoms with Crippen molar-refractivity contribution in [3.05, 3.63) is 0 Å². The third kappa shape index (κ3) is 11.0. The van der Waals surface area contributed by atoms with Crippen LogP contribution in [0.4, 0.5) is 0 Å². The minimum absolute atomic E-state index is 0.0953. The van der Waals surface area contributed by atoms with Crippen molar-refractivity contribution < 1.29 is 24.2 Å². The van der Waals surface area contributed by atoms with E-state index in [-0.39, 0.29) is 18.6 Å². The molecule has 1 unspecified atom stereocenters. The summed E-state index contributed by atoms with van der Waals surface area (Å²) in [5, 5.41) is 11.2. The fourth-order valence-corrected chi connectivity index (χ4v) is 1.77. The molecule has 0 fully saturated rings. The smallest absolute Gasteiger partial charge is 0.329 e. The first kappa shape index (κ1) is 19.1. The highest BCUT2D eigenvalue weighted by atomic mass is 35.5. The van der Waals surface area contributed by atoms with Crippen molar-refractivity contribution in [3.8, 4) is 0 Å². The Morgan fingerprint density at radius 2 is 2.00 bits per heavy atom. The number of rotatable bonds is 11. The number of amides is 1. The molecule has 0 saturated carbocycles. The molecule has 0 radical (unpaired) electrons. The van der Waals surface area contributed by atoms with Crippen LogP contribution in [0.3, 0.4) is 0 Å². The van der Waals surface area contributed by atoms with Gasteiger partial charge in [-0.2, -0.15) is 0 Å². The van der Waals surface area contributed by atoms with Crippen LogP contribution < -0.4 is 5.32 Å². The molecule has 0 aliphatic carbocycles. The zero-order valence-corrected chi connectivity index (χ0v) is 13.0. The van der Waals surface area contributed by atoms with Crippen LogP contribution in [0, 0.1) is 0 Å². The van der Waals surface area contributed by atoms with E-state index in [9.17, 15) is 9.59 Å². The summed E-state index contributed by atoms with van der Waals surface area (Å²) in [6.07, 6.45) is 1.53. The first-order chi connectivity index (χ1) is 9.26. The summed E-state index contributed by atoms with van der Waals surface area (Å²) < 4.78 is 10.3. The SMILES string of the molecule is CC(CCCl)OCCC(C)(C)NC(=O)COCC(=O)O. The van der Waals surface area contributed by atoms with Gasteiger partial charge in [0.25, 0.3) is 0 Å². The quantitative estimate of drug-likeness (QED) is 0.564. The number of hydrogen-bond acceptors (Lipinski definition) is 4. The topological polar surface area (TPSA) is 84.9 Å². The summed E-state index contributed by atoms with van der Waals surface area (Å²) >= 11 is 5.61. The van der Waals surface area contributed by atoms with E-state index in [4.69, 9.17) is 26.2 Å². The largest absolute Gasteiger partial charge is 0.480 e. The number of ether oxygens (including phenoxy) is 2. The first-order valence-corrected chi connectivity index (χ1v) is 7.08. The van der Waals surface area contributed by atoms with Gasteiger partial charge in [0, 0.05) is 18.0 Å². The second-order valence-corrected chi connectivity index (χ2v) is 5.61. The van der Waals surface area contributed by atoms with E-state index in [2.05, 4.69) is 5.32 Å². The number of aliphatic carboxylic acids is 1. The number of alkyl halides is 1. The van der Waals surface area contributed by atoms with E-state index in [1.807, 2.05) is 20.8 Å². The average Bonchev–Trinajstić information content (AvgIpc) is 2.27. The zero-order valence-electron chi connectivity index (χ0n) is 12.3. The van der Waals surface area contributed by atoms with E-state index < -0.39 is 18.1 Å². The van der Waals surface area contributed by atoms with E-state index >= 15 is 0 Å². The summed E-state index contributed by atoms with van der Waals surface area (Å²) in [5.41, 5.74) is -0.440. The Morgan fingerprint density at radius 3 is 2.55 bits per heavy atom. The van der Waals surface area contributed by atoms with Crippen LogP contribution in [0.25, 0.3) is 0 Å². The van der Waals surface area contributed by atoms with Crippen LogP contribution >= 0.6 is 11.6 Å². The molecule has 0 aromatic rings. The monoisotopic (exact) mass is 309 g/mol. The molecular formula is C13H24ClNO5. The maximum atomic E-state index is 11.6. The van der Waals surface area contributed by atoms with E-state index in [0.29, 0.717) is 18.9 Å². The number of carbonyl (C=O) groups is 2. The molecule has 1 atom stereocenters. The Hall–Kier alpha value is -0.850. The number of carbonyl (C=O) groups excluding carboxylic acids is 1. The number of carboxylic acid groups (broad SMARTS) is 1. The van der Waals surface area contributed by atoms with Gasteiger partial charge in [-0.3, -0.25) is 4.79 Å². The molecule has 0 aliphatic heterocycles. The van der Waals surface area contributed by atoms with Crippen LogP contribution in [0.15, 0.2) is 0 Å². The number of nitrogens with one attached hydrogen (secondary N) is 1. The van der Waals surface area contributed by atoms with E-state index in [1.165, 1.54) is 0 Å². The molecule has 118 valence electrons. The second kappa shape index (κ2) is 9.96. The van der Waals surface area contributed by atoms with Crippen molar-refractivity contribution in [2.24, 2.45) is 0 Å². The van der Waals surface area contributed by atoms with Crippen molar-refractivity contribution in [1.82, 2.24) is 5.32 Å². The number of hydrogen-bond donors (Lipinski definition) is 2. The highest BCUT2D eigenvalue weighted by molar-refractivity contribution is 6.17. The van der Waals surface area contributed by atoms with Crippen LogP contribution in [0.5, 0.6) is 0 Å². The van der Waals surface area contributed by atoms with Gasteiger partial charge in [0.2, 0.25) is 5.91 Å². The minimum atomic E-state index is -1.10. The maximum Gasteiger partial charge on any atom is 0.329 e. The van der Waals surface area contributed by atoms with Gasteiger partial charge >= 0.3 is 5.97 Å². The van der Waals surface area contributed by atoms with Gasteiger partial charge in [-0.15, -0.1) is 11.6 Å². The number of carboxylic acids is 1.